The first-order valence-electron chi connectivity index (χ1n) is 7.98. The molecule has 3 rings (SSSR count). The van der Waals surface area contributed by atoms with Gasteiger partial charge in [-0.2, -0.15) is 10.2 Å². The third-order valence-corrected chi connectivity index (χ3v) is 3.91. The van der Waals surface area contributed by atoms with E-state index in [1.54, 1.807) is 24.3 Å². The summed E-state index contributed by atoms with van der Waals surface area (Å²) in [6.45, 7) is 1.04. The first-order valence-corrected chi connectivity index (χ1v) is 7.98. The monoisotopic (exact) mass is 354 g/mol. The number of hydrogen-bond acceptors (Lipinski definition) is 9. The molecule has 0 saturated carbocycles. The van der Waals surface area contributed by atoms with Crippen molar-refractivity contribution in [2.45, 2.75) is 18.5 Å². The minimum Gasteiger partial charge on any atom is -0.380 e. The highest BCUT2D eigenvalue weighted by molar-refractivity contribution is 5.96. The highest BCUT2D eigenvalue weighted by Crippen LogP contribution is 2.19. The van der Waals surface area contributed by atoms with E-state index in [1.807, 2.05) is 6.07 Å². The van der Waals surface area contributed by atoms with Crippen LogP contribution in [0, 0.1) is 11.3 Å². The van der Waals surface area contributed by atoms with Gasteiger partial charge in [0.05, 0.1) is 18.2 Å². The first-order chi connectivity index (χ1) is 12.6. The molecule has 1 amide bonds. The molecule has 2 atom stereocenters. The lowest BCUT2D eigenvalue weighted by molar-refractivity contribution is 0.0751. The number of aromatic nitrogens is 3. The smallest absolute Gasteiger partial charge is 0.273 e. The SMILES string of the molecule is N#Cc1ccc(Nc2nc(N[C@@H]3CCOC[C@@H]3N)nnc2C(N)=O)cc1. The van der Waals surface area contributed by atoms with Crippen molar-refractivity contribution in [2.24, 2.45) is 11.5 Å². The van der Waals surface area contributed by atoms with Gasteiger partial charge in [-0.25, -0.2) is 0 Å². The summed E-state index contributed by atoms with van der Waals surface area (Å²) >= 11 is 0. The Balaban J connectivity index is 1.83. The second-order valence-corrected chi connectivity index (χ2v) is 5.79. The Morgan fingerprint density at radius 3 is 2.73 bits per heavy atom. The highest BCUT2D eigenvalue weighted by atomic mass is 16.5. The largest absolute Gasteiger partial charge is 0.380 e. The number of primary amides is 1. The maximum atomic E-state index is 11.6. The van der Waals surface area contributed by atoms with Crippen LogP contribution in [0.15, 0.2) is 24.3 Å². The van der Waals surface area contributed by atoms with Crippen LogP contribution in [-0.2, 0) is 4.74 Å². The van der Waals surface area contributed by atoms with Crippen molar-refractivity contribution in [1.29, 1.82) is 5.26 Å². The average molecular weight is 354 g/mol. The third-order valence-electron chi connectivity index (χ3n) is 3.91. The van der Waals surface area contributed by atoms with Gasteiger partial charge >= 0.3 is 0 Å². The van der Waals surface area contributed by atoms with Crippen molar-refractivity contribution >= 4 is 23.4 Å². The van der Waals surface area contributed by atoms with Gasteiger partial charge in [-0.15, -0.1) is 10.2 Å². The van der Waals surface area contributed by atoms with Gasteiger partial charge in [0, 0.05) is 24.4 Å². The molecule has 2 aromatic rings. The Morgan fingerprint density at radius 1 is 1.31 bits per heavy atom. The van der Waals surface area contributed by atoms with E-state index in [9.17, 15) is 4.79 Å². The van der Waals surface area contributed by atoms with Crippen LogP contribution >= 0.6 is 0 Å². The molecule has 26 heavy (non-hydrogen) atoms. The average Bonchev–Trinajstić information content (AvgIpc) is 2.64. The van der Waals surface area contributed by atoms with E-state index < -0.39 is 5.91 Å². The Hall–Kier alpha value is -3.29. The standard InChI is InChI=1S/C16H18N8O2/c17-7-9-1-3-10(4-2-9)20-15-13(14(19)25)23-24-16(22-15)21-12-5-6-26-8-11(12)18/h1-4,11-12H,5-6,8,18H2,(H2,19,25)(H2,20,21,22,24)/t11-,12+/m0/s1. The van der Waals surface area contributed by atoms with Crippen molar-refractivity contribution in [3.63, 3.8) is 0 Å². The van der Waals surface area contributed by atoms with Gasteiger partial charge in [0.25, 0.3) is 5.91 Å². The van der Waals surface area contributed by atoms with Gasteiger partial charge in [0.1, 0.15) is 0 Å². The van der Waals surface area contributed by atoms with Crippen LogP contribution in [0.3, 0.4) is 0 Å². The summed E-state index contributed by atoms with van der Waals surface area (Å²) in [6, 6.07) is 8.43. The second kappa shape index (κ2) is 7.73. The molecule has 0 spiro atoms. The summed E-state index contributed by atoms with van der Waals surface area (Å²) < 4.78 is 5.30. The normalized spacial score (nSPS) is 19.4. The van der Waals surface area contributed by atoms with E-state index in [-0.39, 0.29) is 29.5 Å². The number of rotatable bonds is 5. The van der Waals surface area contributed by atoms with Crippen molar-refractivity contribution < 1.29 is 9.53 Å². The number of ether oxygens (including phenoxy) is 1. The summed E-state index contributed by atoms with van der Waals surface area (Å²) in [5, 5.41) is 22.7. The molecule has 1 aliphatic heterocycles. The molecule has 1 fully saturated rings. The molecule has 1 aliphatic rings. The van der Waals surface area contributed by atoms with Gasteiger partial charge in [0.2, 0.25) is 5.95 Å². The van der Waals surface area contributed by atoms with Gasteiger partial charge in [-0.1, -0.05) is 0 Å². The summed E-state index contributed by atoms with van der Waals surface area (Å²) in [5.41, 5.74) is 12.4. The number of nitriles is 1. The molecule has 134 valence electrons. The topological polar surface area (TPSA) is 165 Å². The number of benzene rings is 1. The zero-order chi connectivity index (χ0) is 18.5. The zero-order valence-corrected chi connectivity index (χ0v) is 13.8. The Kier molecular flexibility index (Phi) is 5.21. The molecule has 1 aromatic carbocycles. The van der Waals surface area contributed by atoms with Gasteiger partial charge < -0.3 is 26.8 Å². The molecule has 10 nitrogen and oxygen atoms in total. The Bertz CT molecular complexity index is 833. The maximum Gasteiger partial charge on any atom is 0.273 e. The fraction of sp³-hybridized carbons (Fsp3) is 0.312. The summed E-state index contributed by atoms with van der Waals surface area (Å²) in [5.74, 6) is -0.357. The van der Waals surface area contributed by atoms with Crippen LogP contribution < -0.4 is 22.1 Å². The predicted octanol–water partition coefficient (Wildman–Crippen LogP) is 0.114. The molecular formula is C16H18N8O2. The number of carbonyl (C=O) groups is 1. The van der Waals surface area contributed by atoms with Crippen molar-refractivity contribution in [2.75, 3.05) is 23.8 Å². The van der Waals surface area contributed by atoms with E-state index in [2.05, 4.69) is 25.8 Å². The van der Waals surface area contributed by atoms with Crippen LogP contribution in [0.5, 0.6) is 0 Å². The summed E-state index contributed by atoms with van der Waals surface area (Å²) in [6.07, 6.45) is 0.709. The molecule has 0 unspecified atom stereocenters. The predicted molar refractivity (Wildman–Crippen MR) is 93.6 cm³/mol. The van der Waals surface area contributed by atoms with E-state index >= 15 is 0 Å². The minimum absolute atomic E-state index is 0.0623. The van der Waals surface area contributed by atoms with Gasteiger partial charge in [-0.3, -0.25) is 4.79 Å². The lowest BCUT2D eigenvalue weighted by Gasteiger charge is -2.29. The lowest BCUT2D eigenvalue weighted by atomic mass is 10.1. The fourth-order valence-corrected chi connectivity index (χ4v) is 2.51. The number of nitrogens with two attached hydrogens (primary N) is 2. The Labute approximate surface area is 149 Å². The molecule has 1 aromatic heterocycles. The number of carbonyl (C=O) groups excluding carboxylic acids is 1. The lowest BCUT2D eigenvalue weighted by Crippen LogP contribution is -2.48. The zero-order valence-electron chi connectivity index (χ0n) is 13.8. The molecule has 10 heteroatoms. The molecular weight excluding hydrogens is 336 g/mol. The third kappa shape index (κ3) is 4.02. The van der Waals surface area contributed by atoms with Crippen molar-refractivity contribution in [1.82, 2.24) is 15.2 Å². The van der Waals surface area contributed by atoms with E-state index in [0.717, 1.165) is 0 Å². The summed E-state index contributed by atoms with van der Waals surface area (Å²) in [7, 11) is 0. The van der Waals surface area contributed by atoms with Crippen LogP contribution in [0.4, 0.5) is 17.5 Å². The molecule has 2 heterocycles. The number of anilines is 3. The second-order valence-electron chi connectivity index (χ2n) is 5.79. The van der Waals surface area contributed by atoms with E-state index in [1.165, 1.54) is 0 Å². The molecule has 1 saturated heterocycles. The number of nitrogens with zero attached hydrogens (tertiary/aromatic N) is 4. The maximum absolute atomic E-state index is 11.6. The number of hydrogen-bond donors (Lipinski definition) is 4. The number of nitrogens with one attached hydrogen (secondary N) is 2. The van der Waals surface area contributed by atoms with Crippen LogP contribution in [-0.4, -0.2) is 46.4 Å². The quantitative estimate of drug-likeness (QED) is 0.583. The van der Waals surface area contributed by atoms with Crippen molar-refractivity contribution in [3.8, 4) is 6.07 Å². The Morgan fingerprint density at radius 2 is 2.08 bits per heavy atom. The molecule has 0 bridgehead atoms. The molecule has 0 aliphatic carbocycles. The van der Waals surface area contributed by atoms with Gasteiger partial charge in [0.15, 0.2) is 11.5 Å². The highest BCUT2D eigenvalue weighted by Gasteiger charge is 2.24. The van der Waals surface area contributed by atoms with Crippen molar-refractivity contribution in [3.05, 3.63) is 35.5 Å². The van der Waals surface area contributed by atoms with Crippen LogP contribution in [0.25, 0.3) is 0 Å². The first kappa shape index (κ1) is 17.5. The van der Waals surface area contributed by atoms with E-state index in [4.69, 9.17) is 21.5 Å². The van der Waals surface area contributed by atoms with Crippen LogP contribution in [0.1, 0.15) is 22.5 Å². The molecule has 0 radical (unpaired) electrons. The van der Waals surface area contributed by atoms with E-state index in [0.29, 0.717) is 30.9 Å². The van der Waals surface area contributed by atoms with Gasteiger partial charge in [-0.05, 0) is 30.7 Å². The minimum atomic E-state index is -0.754. The fourth-order valence-electron chi connectivity index (χ4n) is 2.51. The number of amides is 1. The van der Waals surface area contributed by atoms with Crippen LogP contribution in [0.2, 0.25) is 0 Å². The summed E-state index contributed by atoms with van der Waals surface area (Å²) in [4.78, 5) is 15.9. The molecule has 6 N–H and O–H groups in total.